The quantitative estimate of drug-likeness (QED) is 0.344. The van der Waals surface area contributed by atoms with E-state index in [1.165, 1.54) is 18.4 Å². The zero-order chi connectivity index (χ0) is 12.8. The van der Waals surface area contributed by atoms with Crippen molar-refractivity contribution in [2.45, 2.75) is 32.6 Å². The fraction of sp³-hybridized carbons (Fsp3) is 0.312. The van der Waals surface area contributed by atoms with Gasteiger partial charge in [0.1, 0.15) is 0 Å². The molecule has 0 saturated carbocycles. The topological polar surface area (TPSA) is 32.6 Å². The minimum absolute atomic E-state index is 0.595. The van der Waals surface area contributed by atoms with Crippen LogP contribution in [0.2, 0.25) is 0 Å². The maximum Gasteiger partial charge on any atom is 0.0849 e. The van der Waals surface area contributed by atoms with Crippen molar-refractivity contribution in [3.05, 3.63) is 47.0 Å². The second-order valence-electron chi connectivity index (χ2n) is 4.46. The molecule has 18 heavy (non-hydrogen) atoms. The molecule has 0 spiro atoms. The molecule has 0 unspecified atom stereocenters. The molecule has 1 aliphatic rings. The third-order valence-corrected chi connectivity index (χ3v) is 3.12. The van der Waals surface area contributed by atoms with E-state index in [4.69, 9.17) is 5.21 Å². The predicted octanol–water partition coefficient (Wildman–Crippen LogP) is 3.74. The summed E-state index contributed by atoms with van der Waals surface area (Å²) in [5, 5.41) is 12.1. The van der Waals surface area contributed by atoms with Gasteiger partial charge in [-0.3, -0.25) is 0 Å². The van der Waals surface area contributed by atoms with Gasteiger partial charge in [-0.1, -0.05) is 41.3 Å². The van der Waals surface area contributed by atoms with Gasteiger partial charge in [-0.15, -0.1) is 0 Å². The van der Waals surface area contributed by atoms with E-state index in [9.17, 15) is 0 Å². The summed E-state index contributed by atoms with van der Waals surface area (Å²) in [6.45, 7) is 1.78. The Hall–Kier alpha value is -2.01. The van der Waals surface area contributed by atoms with Gasteiger partial charge in [0.2, 0.25) is 0 Å². The van der Waals surface area contributed by atoms with Crippen molar-refractivity contribution in [3.8, 4) is 11.8 Å². The molecule has 0 aliphatic heterocycles. The molecule has 92 valence electrons. The van der Waals surface area contributed by atoms with Crippen LogP contribution in [0, 0.1) is 11.8 Å². The van der Waals surface area contributed by atoms with Gasteiger partial charge >= 0.3 is 0 Å². The highest BCUT2D eigenvalue weighted by molar-refractivity contribution is 6.00. The fourth-order valence-electron chi connectivity index (χ4n) is 2.06. The van der Waals surface area contributed by atoms with Gasteiger partial charge in [0, 0.05) is 11.1 Å². The average molecular weight is 239 g/mol. The molecular weight excluding hydrogens is 222 g/mol. The Morgan fingerprint density at radius 2 is 2.06 bits per heavy atom. The van der Waals surface area contributed by atoms with Crippen LogP contribution in [0.1, 0.15) is 43.7 Å². The number of oxime groups is 1. The second-order valence-corrected chi connectivity index (χ2v) is 4.46. The average Bonchev–Trinajstić information content (AvgIpc) is 2.45. The Bertz CT molecular complexity index is 544. The number of benzene rings is 1. The molecule has 2 rings (SSSR count). The van der Waals surface area contributed by atoms with E-state index in [1.807, 2.05) is 24.3 Å². The Balaban J connectivity index is 2.29. The molecule has 0 radical (unpaired) electrons. The van der Waals surface area contributed by atoms with Crippen molar-refractivity contribution in [3.63, 3.8) is 0 Å². The van der Waals surface area contributed by atoms with Crippen LogP contribution < -0.4 is 0 Å². The van der Waals surface area contributed by atoms with Crippen LogP contribution >= 0.6 is 0 Å². The molecule has 1 N–H and O–H groups in total. The largest absolute Gasteiger partial charge is 0.411 e. The predicted molar refractivity (Wildman–Crippen MR) is 73.9 cm³/mol. The van der Waals surface area contributed by atoms with Crippen LogP contribution in [0.15, 0.2) is 41.1 Å². The first-order chi connectivity index (χ1) is 8.81. The summed E-state index contributed by atoms with van der Waals surface area (Å²) < 4.78 is 0. The summed E-state index contributed by atoms with van der Waals surface area (Å²) in [6.07, 6.45) is 6.97. The molecule has 0 aromatic heterocycles. The lowest BCUT2D eigenvalue weighted by Gasteiger charge is -2.06. The number of rotatable bonds is 1. The standard InChI is InChI=1S/C16H17NO/c1-13(17-18)16-10-6-5-9-15(16)12-11-14-7-3-2-4-8-14/h5-7,9-10,18H,2-4,8H2,1H3/b17-13-. The molecule has 1 aromatic rings. The van der Waals surface area contributed by atoms with Crippen LogP contribution in [0.5, 0.6) is 0 Å². The van der Waals surface area contributed by atoms with Gasteiger partial charge in [-0.2, -0.15) is 0 Å². The first-order valence-electron chi connectivity index (χ1n) is 6.30. The van der Waals surface area contributed by atoms with Gasteiger partial charge in [-0.05, 0) is 44.2 Å². The van der Waals surface area contributed by atoms with Gasteiger partial charge < -0.3 is 5.21 Å². The minimum atomic E-state index is 0.595. The number of hydrogen-bond donors (Lipinski definition) is 1. The monoisotopic (exact) mass is 239 g/mol. The highest BCUT2D eigenvalue weighted by Crippen LogP contribution is 2.17. The Morgan fingerprint density at radius 3 is 2.78 bits per heavy atom. The molecule has 0 heterocycles. The Labute approximate surface area is 108 Å². The molecule has 1 aliphatic carbocycles. The molecular formula is C16H17NO. The fourth-order valence-corrected chi connectivity index (χ4v) is 2.06. The molecule has 2 heteroatoms. The van der Waals surface area contributed by atoms with Gasteiger partial charge in [-0.25, -0.2) is 0 Å². The van der Waals surface area contributed by atoms with E-state index in [1.54, 1.807) is 6.92 Å². The van der Waals surface area contributed by atoms with Crippen LogP contribution in [-0.2, 0) is 0 Å². The zero-order valence-electron chi connectivity index (χ0n) is 10.6. The molecule has 0 saturated heterocycles. The van der Waals surface area contributed by atoms with E-state index >= 15 is 0 Å². The van der Waals surface area contributed by atoms with Gasteiger partial charge in [0.15, 0.2) is 0 Å². The molecule has 1 aromatic carbocycles. The lowest BCUT2D eigenvalue weighted by Crippen LogP contribution is -1.98. The third-order valence-electron chi connectivity index (χ3n) is 3.12. The second kappa shape index (κ2) is 6.07. The first kappa shape index (κ1) is 12.4. The summed E-state index contributed by atoms with van der Waals surface area (Å²) in [7, 11) is 0. The van der Waals surface area contributed by atoms with Crippen molar-refractivity contribution >= 4 is 5.71 Å². The maximum absolute atomic E-state index is 8.86. The van der Waals surface area contributed by atoms with Crippen molar-refractivity contribution < 1.29 is 5.21 Å². The molecule has 2 nitrogen and oxygen atoms in total. The first-order valence-corrected chi connectivity index (χ1v) is 6.30. The van der Waals surface area contributed by atoms with Gasteiger partial charge in [0.25, 0.3) is 0 Å². The Kier molecular flexibility index (Phi) is 4.20. The van der Waals surface area contributed by atoms with E-state index in [-0.39, 0.29) is 0 Å². The smallest absolute Gasteiger partial charge is 0.0849 e. The minimum Gasteiger partial charge on any atom is -0.411 e. The summed E-state index contributed by atoms with van der Waals surface area (Å²) in [6, 6.07) is 7.76. The number of nitrogens with zero attached hydrogens (tertiary/aromatic N) is 1. The molecule has 0 amide bonds. The maximum atomic E-state index is 8.86. The molecule has 0 bridgehead atoms. The van der Waals surface area contributed by atoms with Crippen molar-refractivity contribution in [2.24, 2.45) is 5.16 Å². The Morgan fingerprint density at radius 1 is 1.22 bits per heavy atom. The SMILES string of the molecule is C/C(=N/O)c1ccccc1C#CC1=CCCCC1. The third kappa shape index (κ3) is 3.01. The van der Waals surface area contributed by atoms with Gasteiger partial charge in [0.05, 0.1) is 5.71 Å². The highest BCUT2D eigenvalue weighted by Gasteiger charge is 2.03. The number of allylic oxidation sites excluding steroid dienone is 2. The van der Waals surface area contributed by atoms with Crippen molar-refractivity contribution in [1.82, 2.24) is 0 Å². The number of hydrogen-bond acceptors (Lipinski definition) is 2. The van der Waals surface area contributed by atoms with E-state index in [0.29, 0.717) is 5.71 Å². The lowest BCUT2D eigenvalue weighted by atomic mass is 9.99. The summed E-state index contributed by atoms with van der Waals surface area (Å²) in [4.78, 5) is 0. The van der Waals surface area contributed by atoms with E-state index < -0.39 is 0 Å². The van der Waals surface area contributed by atoms with Crippen LogP contribution in [-0.4, -0.2) is 10.9 Å². The van der Waals surface area contributed by atoms with Crippen LogP contribution in [0.4, 0.5) is 0 Å². The van der Waals surface area contributed by atoms with E-state index in [2.05, 4.69) is 23.1 Å². The van der Waals surface area contributed by atoms with Crippen molar-refractivity contribution in [1.29, 1.82) is 0 Å². The van der Waals surface area contributed by atoms with Crippen molar-refractivity contribution in [2.75, 3.05) is 0 Å². The molecule has 0 atom stereocenters. The van der Waals surface area contributed by atoms with E-state index in [0.717, 1.165) is 24.0 Å². The van der Waals surface area contributed by atoms with Crippen LogP contribution in [0.3, 0.4) is 0 Å². The highest BCUT2D eigenvalue weighted by atomic mass is 16.4. The normalized spacial score (nSPS) is 15.6. The van der Waals surface area contributed by atoms with Crippen LogP contribution in [0.25, 0.3) is 0 Å². The summed E-state index contributed by atoms with van der Waals surface area (Å²) >= 11 is 0. The zero-order valence-corrected chi connectivity index (χ0v) is 10.6. The molecule has 0 fully saturated rings. The summed E-state index contributed by atoms with van der Waals surface area (Å²) in [5.41, 5.74) is 3.63. The summed E-state index contributed by atoms with van der Waals surface area (Å²) in [5.74, 6) is 6.42. The lowest BCUT2D eigenvalue weighted by molar-refractivity contribution is 0.319.